The average Bonchev–Trinajstić information content (AvgIpc) is 2.96. The molecule has 1 aromatic rings. The van der Waals surface area contributed by atoms with Gasteiger partial charge in [-0.15, -0.1) is 36.2 Å². The van der Waals surface area contributed by atoms with Crippen LogP contribution in [0.4, 0.5) is 0 Å². The monoisotopic (exact) mass is 339 g/mol. The minimum Gasteiger partial charge on any atom is -0.345 e. The number of amides is 1. The van der Waals surface area contributed by atoms with Gasteiger partial charge in [-0.2, -0.15) is 0 Å². The molecule has 20 heavy (non-hydrogen) atoms. The van der Waals surface area contributed by atoms with Crippen LogP contribution in [0.2, 0.25) is 0 Å². The van der Waals surface area contributed by atoms with Crippen LogP contribution in [-0.2, 0) is 4.79 Å². The highest BCUT2D eigenvalue weighted by Gasteiger charge is 2.38. The Morgan fingerprint density at radius 3 is 2.55 bits per heavy atom. The zero-order valence-corrected chi connectivity index (χ0v) is 14.3. The summed E-state index contributed by atoms with van der Waals surface area (Å²) in [5.41, 5.74) is 6.51. The van der Waals surface area contributed by atoms with Crippen molar-refractivity contribution in [3.63, 3.8) is 0 Å². The SMILES string of the molecule is CCC(NC(=O)C1(N)CCCC1)c1nc(C)cs1.Cl.Cl. The average molecular weight is 340 g/mol. The summed E-state index contributed by atoms with van der Waals surface area (Å²) in [6, 6.07) is -0.00257. The summed E-state index contributed by atoms with van der Waals surface area (Å²) >= 11 is 1.60. The molecule has 116 valence electrons. The fraction of sp³-hybridized carbons (Fsp3) is 0.692. The molecule has 0 aliphatic heterocycles. The van der Waals surface area contributed by atoms with Gasteiger partial charge in [0.25, 0.3) is 0 Å². The molecular formula is C13H23Cl2N3OS. The fourth-order valence-corrected chi connectivity index (χ4v) is 3.34. The lowest BCUT2D eigenvalue weighted by molar-refractivity contribution is -0.127. The Morgan fingerprint density at radius 1 is 1.50 bits per heavy atom. The van der Waals surface area contributed by atoms with E-state index in [0.29, 0.717) is 0 Å². The van der Waals surface area contributed by atoms with Crippen LogP contribution in [0.25, 0.3) is 0 Å². The quantitative estimate of drug-likeness (QED) is 0.885. The molecule has 7 heteroatoms. The van der Waals surface area contributed by atoms with E-state index in [1.54, 1.807) is 11.3 Å². The minimum atomic E-state index is -0.653. The van der Waals surface area contributed by atoms with E-state index in [1.807, 2.05) is 12.3 Å². The maximum atomic E-state index is 12.3. The molecule has 4 nitrogen and oxygen atoms in total. The third-order valence-corrected chi connectivity index (χ3v) is 4.67. The molecule has 0 bridgehead atoms. The molecule has 1 saturated carbocycles. The second-order valence-corrected chi connectivity index (χ2v) is 6.01. The van der Waals surface area contributed by atoms with Crippen LogP contribution in [0.5, 0.6) is 0 Å². The number of aromatic nitrogens is 1. The molecule has 0 saturated heterocycles. The van der Waals surface area contributed by atoms with Gasteiger partial charge in [0.05, 0.1) is 11.6 Å². The number of halogens is 2. The Labute approximate surface area is 136 Å². The third-order valence-electron chi connectivity index (χ3n) is 3.60. The molecule has 1 aliphatic rings. The molecule has 1 amide bonds. The van der Waals surface area contributed by atoms with E-state index >= 15 is 0 Å². The van der Waals surface area contributed by atoms with Gasteiger partial charge in [-0.3, -0.25) is 4.79 Å². The Balaban J connectivity index is 0.00000180. The van der Waals surface area contributed by atoms with Crippen LogP contribution < -0.4 is 11.1 Å². The van der Waals surface area contributed by atoms with Crippen molar-refractivity contribution in [1.82, 2.24) is 10.3 Å². The summed E-state index contributed by atoms with van der Waals surface area (Å²) in [7, 11) is 0. The van der Waals surface area contributed by atoms with Crippen molar-refractivity contribution in [2.24, 2.45) is 5.73 Å². The largest absolute Gasteiger partial charge is 0.345 e. The summed E-state index contributed by atoms with van der Waals surface area (Å²) in [6.45, 7) is 4.02. The number of hydrogen-bond acceptors (Lipinski definition) is 4. The second kappa shape index (κ2) is 8.17. The number of thiazole rings is 1. The van der Waals surface area contributed by atoms with Gasteiger partial charge in [0.15, 0.2) is 0 Å². The fourth-order valence-electron chi connectivity index (χ4n) is 2.41. The predicted molar refractivity (Wildman–Crippen MR) is 87.9 cm³/mol. The van der Waals surface area contributed by atoms with Crippen LogP contribution in [-0.4, -0.2) is 16.4 Å². The number of aryl methyl sites for hydroxylation is 1. The predicted octanol–water partition coefficient (Wildman–Crippen LogP) is 3.13. The number of hydrogen-bond donors (Lipinski definition) is 2. The Hall–Kier alpha value is -0.360. The molecular weight excluding hydrogens is 317 g/mol. The molecule has 0 aromatic carbocycles. The van der Waals surface area contributed by atoms with Gasteiger partial charge < -0.3 is 11.1 Å². The summed E-state index contributed by atoms with van der Waals surface area (Å²) in [5.74, 6) is -0.0142. The molecule has 1 unspecified atom stereocenters. The summed E-state index contributed by atoms with van der Waals surface area (Å²) in [4.78, 5) is 16.7. The first kappa shape index (κ1) is 19.6. The molecule has 1 aromatic heterocycles. The first-order valence-electron chi connectivity index (χ1n) is 6.57. The molecule has 0 radical (unpaired) electrons. The van der Waals surface area contributed by atoms with Gasteiger partial charge in [-0.05, 0) is 26.2 Å². The number of nitrogens with zero attached hydrogens (tertiary/aromatic N) is 1. The van der Waals surface area contributed by atoms with E-state index in [0.717, 1.165) is 42.8 Å². The van der Waals surface area contributed by atoms with Crippen LogP contribution >= 0.6 is 36.2 Å². The highest BCUT2D eigenvalue weighted by atomic mass is 35.5. The van der Waals surface area contributed by atoms with Crippen molar-refractivity contribution in [3.05, 3.63) is 16.1 Å². The third kappa shape index (κ3) is 4.32. The van der Waals surface area contributed by atoms with Gasteiger partial charge in [-0.25, -0.2) is 4.98 Å². The molecule has 1 atom stereocenters. The molecule has 1 fully saturated rings. The van der Waals surface area contributed by atoms with Crippen molar-refractivity contribution in [1.29, 1.82) is 0 Å². The zero-order valence-electron chi connectivity index (χ0n) is 11.8. The standard InChI is InChI=1S/C13H21N3OS.2ClH/c1-3-10(11-15-9(2)8-18-11)16-12(17)13(14)6-4-5-7-13;;/h8,10H,3-7,14H2,1-2H3,(H,16,17);2*1H. The highest BCUT2D eigenvalue weighted by Crippen LogP contribution is 2.29. The van der Waals surface area contributed by atoms with Crippen LogP contribution in [0.1, 0.15) is 55.8 Å². The van der Waals surface area contributed by atoms with Gasteiger partial charge in [0, 0.05) is 11.1 Å². The molecule has 1 aliphatic carbocycles. The number of nitrogens with one attached hydrogen (secondary N) is 1. The van der Waals surface area contributed by atoms with E-state index in [1.165, 1.54) is 0 Å². The van der Waals surface area contributed by atoms with Gasteiger partial charge in [0.1, 0.15) is 5.01 Å². The number of nitrogens with two attached hydrogens (primary N) is 1. The number of carbonyl (C=O) groups is 1. The van der Waals surface area contributed by atoms with Crippen molar-refractivity contribution in [3.8, 4) is 0 Å². The molecule has 0 spiro atoms. The lowest BCUT2D eigenvalue weighted by Gasteiger charge is -2.25. The molecule has 3 N–H and O–H groups in total. The van der Waals surface area contributed by atoms with Gasteiger partial charge in [-0.1, -0.05) is 19.8 Å². The van der Waals surface area contributed by atoms with E-state index in [4.69, 9.17) is 5.73 Å². The first-order chi connectivity index (χ1) is 8.55. The van der Waals surface area contributed by atoms with E-state index in [-0.39, 0.29) is 36.8 Å². The first-order valence-corrected chi connectivity index (χ1v) is 7.45. The highest BCUT2D eigenvalue weighted by molar-refractivity contribution is 7.09. The lowest BCUT2D eigenvalue weighted by Crippen LogP contribution is -2.52. The van der Waals surface area contributed by atoms with Gasteiger partial charge in [0.2, 0.25) is 5.91 Å². The van der Waals surface area contributed by atoms with E-state index in [2.05, 4.69) is 17.2 Å². The van der Waals surface area contributed by atoms with Crippen molar-refractivity contribution in [2.45, 2.75) is 57.5 Å². The Morgan fingerprint density at radius 2 is 2.10 bits per heavy atom. The Bertz CT molecular complexity index is 433. The topological polar surface area (TPSA) is 68.0 Å². The van der Waals surface area contributed by atoms with E-state index < -0.39 is 5.54 Å². The van der Waals surface area contributed by atoms with Crippen LogP contribution in [0, 0.1) is 6.92 Å². The summed E-state index contributed by atoms with van der Waals surface area (Å²) in [5, 5.41) is 6.05. The van der Waals surface area contributed by atoms with Crippen molar-refractivity contribution < 1.29 is 4.79 Å². The number of rotatable bonds is 4. The van der Waals surface area contributed by atoms with Gasteiger partial charge >= 0.3 is 0 Å². The van der Waals surface area contributed by atoms with E-state index in [9.17, 15) is 4.79 Å². The maximum absolute atomic E-state index is 12.3. The normalized spacial score (nSPS) is 17.8. The smallest absolute Gasteiger partial charge is 0.240 e. The summed E-state index contributed by atoms with van der Waals surface area (Å²) < 4.78 is 0. The second-order valence-electron chi connectivity index (χ2n) is 5.12. The van der Waals surface area contributed by atoms with Crippen molar-refractivity contribution >= 4 is 42.1 Å². The van der Waals surface area contributed by atoms with Crippen LogP contribution in [0.3, 0.4) is 0 Å². The minimum absolute atomic E-state index is 0. The molecule has 1 heterocycles. The van der Waals surface area contributed by atoms with Crippen molar-refractivity contribution in [2.75, 3.05) is 0 Å². The molecule has 2 rings (SSSR count). The van der Waals surface area contributed by atoms with Crippen LogP contribution in [0.15, 0.2) is 5.38 Å². The number of carbonyl (C=O) groups excluding carboxylic acids is 1. The lowest BCUT2D eigenvalue weighted by atomic mass is 9.97. The maximum Gasteiger partial charge on any atom is 0.240 e. The Kier molecular flexibility index (Phi) is 8.03. The zero-order chi connectivity index (χ0) is 13.2. The summed E-state index contributed by atoms with van der Waals surface area (Å²) in [6.07, 6.45) is 4.54.